The molecule has 1 aliphatic carbocycles. The van der Waals surface area contributed by atoms with E-state index < -0.39 is 10.0 Å². The molecule has 0 unspecified atom stereocenters. The van der Waals surface area contributed by atoms with Crippen LogP contribution in [0.2, 0.25) is 0 Å². The zero-order valence-corrected chi connectivity index (χ0v) is 8.76. The summed E-state index contributed by atoms with van der Waals surface area (Å²) in [6.45, 7) is 2.89. The summed E-state index contributed by atoms with van der Waals surface area (Å²) in [7, 11) is -1.31. The van der Waals surface area contributed by atoms with Gasteiger partial charge in [0.2, 0.25) is 10.0 Å². The summed E-state index contributed by atoms with van der Waals surface area (Å²) in [4.78, 5) is 0. The summed E-state index contributed by atoms with van der Waals surface area (Å²) in [6.07, 6.45) is 3.55. The Hall–Kier alpha value is -0.0900. The molecule has 3 nitrogen and oxygen atoms in total. The molecular formula is C8H17NO2S. The van der Waals surface area contributed by atoms with E-state index in [2.05, 4.69) is 6.92 Å². The van der Waals surface area contributed by atoms with Crippen molar-refractivity contribution >= 4 is 10.0 Å². The first-order chi connectivity index (χ1) is 5.41. The van der Waals surface area contributed by atoms with Gasteiger partial charge in [0.1, 0.15) is 0 Å². The quantitative estimate of drug-likeness (QED) is 0.662. The van der Waals surface area contributed by atoms with Crippen molar-refractivity contribution in [2.75, 3.05) is 19.8 Å². The number of hydrogen-bond donors (Lipinski definition) is 0. The molecule has 0 aromatic carbocycles. The monoisotopic (exact) mass is 191 g/mol. The minimum atomic E-state index is -2.95. The van der Waals surface area contributed by atoms with Crippen molar-refractivity contribution in [2.24, 2.45) is 11.8 Å². The van der Waals surface area contributed by atoms with E-state index in [1.165, 1.54) is 17.0 Å². The van der Waals surface area contributed by atoms with Crippen molar-refractivity contribution in [1.29, 1.82) is 0 Å². The molecule has 0 radical (unpaired) electrons. The molecule has 0 aromatic rings. The van der Waals surface area contributed by atoms with Gasteiger partial charge >= 0.3 is 0 Å². The van der Waals surface area contributed by atoms with E-state index in [1.807, 2.05) is 0 Å². The van der Waals surface area contributed by atoms with Crippen LogP contribution in [0, 0.1) is 11.8 Å². The Morgan fingerprint density at radius 3 is 2.33 bits per heavy atom. The van der Waals surface area contributed by atoms with Crippen molar-refractivity contribution in [3.8, 4) is 0 Å². The van der Waals surface area contributed by atoms with Crippen LogP contribution in [0.15, 0.2) is 0 Å². The van der Waals surface area contributed by atoms with Gasteiger partial charge in [-0.25, -0.2) is 12.7 Å². The van der Waals surface area contributed by atoms with Crippen LogP contribution in [0.25, 0.3) is 0 Å². The number of nitrogens with zero attached hydrogens (tertiary/aromatic N) is 1. The topological polar surface area (TPSA) is 37.4 Å². The molecule has 4 heteroatoms. The predicted molar refractivity (Wildman–Crippen MR) is 49.4 cm³/mol. The molecule has 72 valence electrons. The number of hydrogen-bond acceptors (Lipinski definition) is 2. The molecule has 1 fully saturated rings. The van der Waals surface area contributed by atoms with Crippen LogP contribution >= 0.6 is 0 Å². The fraction of sp³-hybridized carbons (Fsp3) is 1.00. The maximum absolute atomic E-state index is 11.0. The lowest BCUT2D eigenvalue weighted by atomic mass is 10.2. The SMILES string of the molecule is C[C@@H]1C[C@@H]1CCN(C)S(C)(=O)=O. The molecule has 1 rings (SSSR count). The second-order valence-electron chi connectivity index (χ2n) is 3.85. The van der Waals surface area contributed by atoms with E-state index in [9.17, 15) is 8.42 Å². The number of rotatable bonds is 4. The fourth-order valence-electron chi connectivity index (χ4n) is 1.31. The van der Waals surface area contributed by atoms with E-state index >= 15 is 0 Å². The maximum atomic E-state index is 11.0. The Morgan fingerprint density at radius 1 is 1.50 bits per heavy atom. The minimum Gasteiger partial charge on any atom is -0.213 e. The van der Waals surface area contributed by atoms with Crippen LogP contribution in [0.1, 0.15) is 19.8 Å². The first kappa shape index (κ1) is 9.99. The van der Waals surface area contributed by atoms with Crippen molar-refractivity contribution in [2.45, 2.75) is 19.8 Å². The maximum Gasteiger partial charge on any atom is 0.210 e. The summed E-state index contributed by atoms with van der Waals surface area (Å²) in [5.74, 6) is 1.59. The van der Waals surface area contributed by atoms with E-state index in [-0.39, 0.29) is 0 Å². The molecule has 0 saturated heterocycles. The van der Waals surface area contributed by atoms with Gasteiger partial charge in [-0.15, -0.1) is 0 Å². The van der Waals surface area contributed by atoms with Gasteiger partial charge in [0.25, 0.3) is 0 Å². The largest absolute Gasteiger partial charge is 0.213 e. The van der Waals surface area contributed by atoms with Crippen molar-refractivity contribution in [3.63, 3.8) is 0 Å². The molecule has 1 saturated carbocycles. The highest BCUT2D eigenvalue weighted by atomic mass is 32.2. The number of sulfonamides is 1. The van der Waals surface area contributed by atoms with E-state index in [1.54, 1.807) is 7.05 Å². The summed E-state index contributed by atoms with van der Waals surface area (Å²) < 4.78 is 23.4. The van der Waals surface area contributed by atoms with Crippen LogP contribution in [0.5, 0.6) is 0 Å². The highest BCUT2D eigenvalue weighted by Gasteiger charge is 2.32. The van der Waals surface area contributed by atoms with Crippen molar-refractivity contribution < 1.29 is 8.42 Å². The van der Waals surface area contributed by atoms with Gasteiger partial charge in [0.05, 0.1) is 6.26 Å². The lowest BCUT2D eigenvalue weighted by Crippen LogP contribution is -2.26. The minimum absolute atomic E-state index is 0.674. The van der Waals surface area contributed by atoms with Crippen LogP contribution in [-0.4, -0.2) is 32.6 Å². The molecule has 0 spiro atoms. The molecule has 1 aliphatic rings. The third kappa shape index (κ3) is 2.75. The first-order valence-electron chi connectivity index (χ1n) is 4.32. The lowest BCUT2D eigenvalue weighted by molar-refractivity contribution is 0.450. The Bertz CT molecular complexity index is 248. The Morgan fingerprint density at radius 2 is 2.00 bits per heavy atom. The highest BCUT2D eigenvalue weighted by molar-refractivity contribution is 7.88. The molecule has 0 heterocycles. The third-order valence-corrected chi connectivity index (χ3v) is 3.97. The fourth-order valence-corrected chi connectivity index (χ4v) is 1.75. The Labute approximate surface area is 74.8 Å². The summed E-state index contributed by atoms with van der Waals surface area (Å²) in [6, 6.07) is 0. The van der Waals surface area contributed by atoms with Crippen LogP contribution < -0.4 is 0 Å². The molecule has 0 bridgehead atoms. The molecule has 12 heavy (non-hydrogen) atoms. The van der Waals surface area contributed by atoms with E-state index in [0.29, 0.717) is 6.54 Å². The molecular weight excluding hydrogens is 174 g/mol. The van der Waals surface area contributed by atoms with Crippen LogP contribution in [-0.2, 0) is 10.0 Å². The third-order valence-electron chi connectivity index (χ3n) is 2.66. The molecule has 0 aromatic heterocycles. The van der Waals surface area contributed by atoms with E-state index in [0.717, 1.165) is 18.3 Å². The zero-order valence-electron chi connectivity index (χ0n) is 7.95. The molecule has 2 atom stereocenters. The van der Waals surface area contributed by atoms with Gasteiger partial charge in [-0.2, -0.15) is 0 Å². The lowest BCUT2D eigenvalue weighted by Gasteiger charge is -2.12. The first-order valence-corrected chi connectivity index (χ1v) is 6.17. The van der Waals surface area contributed by atoms with Gasteiger partial charge < -0.3 is 0 Å². The summed E-state index contributed by atoms with van der Waals surface area (Å²) in [5.41, 5.74) is 0. The van der Waals surface area contributed by atoms with E-state index in [4.69, 9.17) is 0 Å². The molecule has 0 amide bonds. The summed E-state index contributed by atoms with van der Waals surface area (Å²) >= 11 is 0. The standard InChI is InChI=1S/C8H17NO2S/c1-7-6-8(7)4-5-9(2)12(3,10)11/h7-8H,4-6H2,1-3H3/t7-,8+/m1/s1. The zero-order chi connectivity index (χ0) is 9.35. The smallest absolute Gasteiger partial charge is 0.210 e. The average Bonchev–Trinajstić information content (AvgIpc) is 2.59. The average molecular weight is 191 g/mol. The van der Waals surface area contributed by atoms with Gasteiger partial charge in [0, 0.05) is 13.6 Å². The van der Waals surface area contributed by atoms with Gasteiger partial charge in [0.15, 0.2) is 0 Å². The van der Waals surface area contributed by atoms with Crippen LogP contribution in [0.4, 0.5) is 0 Å². The van der Waals surface area contributed by atoms with Crippen LogP contribution in [0.3, 0.4) is 0 Å². The van der Waals surface area contributed by atoms with Gasteiger partial charge in [-0.1, -0.05) is 6.92 Å². The van der Waals surface area contributed by atoms with Crippen molar-refractivity contribution in [3.05, 3.63) is 0 Å². The van der Waals surface area contributed by atoms with Gasteiger partial charge in [-0.3, -0.25) is 0 Å². The highest BCUT2D eigenvalue weighted by Crippen LogP contribution is 2.40. The second kappa shape index (κ2) is 3.34. The van der Waals surface area contributed by atoms with Gasteiger partial charge in [-0.05, 0) is 24.7 Å². The summed E-state index contributed by atoms with van der Waals surface area (Å²) in [5, 5.41) is 0. The molecule has 0 N–H and O–H groups in total. The normalized spacial score (nSPS) is 29.3. The molecule has 0 aliphatic heterocycles. The predicted octanol–water partition coefficient (Wildman–Crippen LogP) is 0.924. The van der Waals surface area contributed by atoms with Crippen molar-refractivity contribution in [1.82, 2.24) is 4.31 Å². The Balaban J connectivity index is 2.23. The second-order valence-corrected chi connectivity index (χ2v) is 5.94. The Kier molecular flexibility index (Phi) is 2.78.